The van der Waals surface area contributed by atoms with Gasteiger partial charge in [0.05, 0.1) is 22.6 Å². The van der Waals surface area contributed by atoms with Crippen LogP contribution in [0.15, 0.2) is 0 Å². The first-order valence-corrected chi connectivity index (χ1v) is 21.9. The van der Waals surface area contributed by atoms with Crippen LogP contribution in [0.5, 0.6) is 0 Å². The fourth-order valence-corrected chi connectivity index (χ4v) is 12.1. The van der Waals surface area contributed by atoms with Crippen molar-refractivity contribution in [3.63, 3.8) is 0 Å². The standard InChI is InChI=1S/C38H62N6O7S/c1-37(2)26-23-44-31(30(26)37)33(46)40-27(32(45)34(47)39-25-17-18-25)15-11-8-6-4-5-7-9-12-16-28(35(44)48)41-36(49)42-38(19-13-10-14-20-38)29-24-43(3)21-22-52(29,50)51/h25-31H,4-24H2,1-3H3,(H,39,47)(H,40,46)(H2,41,42,49)/t26-,27+,28+,29-,30-,31-/m0/s1. The first kappa shape index (κ1) is 39.0. The van der Waals surface area contributed by atoms with E-state index in [-0.39, 0.29) is 35.0 Å². The molecule has 6 atom stereocenters. The number of carbonyl (C=O) groups is 5. The molecule has 0 radical (unpaired) electrons. The summed E-state index contributed by atoms with van der Waals surface area (Å²) in [4.78, 5) is 72.7. The Labute approximate surface area is 309 Å². The summed E-state index contributed by atoms with van der Waals surface area (Å²) in [5, 5.41) is 11.1. The van der Waals surface area contributed by atoms with Crippen molar-refractivity contribution in [3.05, 3.63) is 0 Å². The van der Waals surface area contributed by atoms with Crippen molar-refractivity contribution < 1.29 is 32.4 Å². The molecule has 0 unspecified atom stereocenters. The van der Waals surface area contributed by atoms with Gasteiger partial charge >= 0.3 is 6.03 Å². The fourth-order valence-electron chi connectivity index (χ4n) is 9.76. The molecule has 4 N–H and O–H groups in total. The minimum Gasteiger partial charge on any atom is -0.347 e. The highest BCUT2D eigenvalue weighted by molar-refractivity contribution is 7.92. The van der Waals surface area contributed by atoms with Gasteiger partial charge in [-0.15, -0.1) is 0 Å². The van der Waals surface area contributed by atoms with Crippen molar-refractivity contribution in [3.8, 4) is 0 Å². The minimum absolute atomic E-state index is 0.0151. The van der Waals surface area contributed by atoms with Crippen LogP contribution in [0.25, 0.3) is 0 Å². The molecule has 3 aliphatic carbocycles. The quantitative estimate of drug-likeness (QED) is 0.301. The molecular weight excluding hydrogens is 685 g/mol. The average molecular weight is 747 g/mol. The Morgan fingerprint density at radius 3 is 2.08 bits per heavy atom. The number of rotatable bonds is 6. The summed E-state index contributed by atoms with van der Waals surface area (Å²) in [6.07, 6.45) is 13.5. The lowest BCUT2D eigenvalue weighted by atomic mass is 9.78. The van der Waals surface area contributed by atoms with Gasteiger partial charge in [0.1, 0.15) is 12.1 Å². The second kappa shape index (κ2) is 15.9. The van der Waals surface area contributed by atoms with Crippen LogP contribution in [0, 0.1) is 17.3 Å². The van der Waals surface area contributed by atoms with Gasteiger partial charge in [0.25, 0.3) is 5.91 Å². The summed E-state index contributed by atoms with van der Waals surface area (Å²) in [7, 11) is -1.54. The number of urea groups is 1. The number of Topliss-reactive ketones (excluding diaryl/α,β-unsaturated/α-hetero) is 1. The molecule has 3 heterocycles. The number of carbonyl (C=O) groups excluding carboxylic acids is 5. The van der Waals surface area contributed by atoms with Crippen molar-refractivity contribution in [2.75, 3.05) is 32.4 Å². The predicted molar refractivity (Wildman–Crippen MR) is 197 cm³/mol. The Balaban J connectivity index is 1.23. The maximum atomic E-state index is 14.6. The molecule has 0 spiro atoms. The van der Waals surface area contributed by atoms with E-state index < -0.39 is 62.4 Å². The third-order valence-electron chi connectivity index (χ3n) is 13.3. The fraction of sp³-hybridized carbons (Fsp3) is 0.868. The Bertz CT molecular complexity index is 1480. The number of hydrogen-bond donors (Lipinski definition) is 4. The third kappa shape index (κ3) is 8.63. The van der Waals surface area contributed by atoms with Crippen LogP contribution in [-0.4, -0.2) is 115 Å². The van der Waals surface area contributed by atoms with Gasteiger partial charge in [0.15, 0.2) is 9.84 Å². The molecular formula is C38H62N6O7S. The van der Waals surface area contributed by atoms with E-state index in [2.05, 4.69) is 35.1 Å². The summed E-state index contributed by atoms with van der Waals surface area (Å²) in [6.45, 7) is 5.36. The van der Waals surface area contributed by atoms with E-state index in [0.29, 0.717) is 51.7 Å². The first-order chi connectivity index (χ1) is 24.7. The van der Waals surface area contributed by atoms with Crippen LogP contribution >= 0.6 is 0 Å². The number of ketones is 1. The maximum Gasteiger partial charge on any atom is 0.315 e. The molecule has 6 rings (SSSR count). The number of sulfone groups is 1. The van der Waals surface area contributed by atoms with Crippen molar-refractivity contribution in [1.29, 1.82) is 0 Å². The van der Waals surface area contributed by atoms with Crippen molar-refractivity contribution in [2.24, 2.45) is 17.3 Å². The van der Waals surface area contributed by atoms with Crippen LogP contribution in [0.2, 0.25) is 0 Å². The van der Waals surface area contributed by atoms with Gasteiger partial charge in [-0.25, -0.2) is 13.2 Å². The number of piperidine rings is 1. The Hall–Kier alpha value is -2.74. The Kier molecular flexibility index (Phi) is 11.9. The Morgan fingerprint density at radius 1 is 0.808 bits per heavy atom. The highest BCUT2D eigenvalue weighted by Gasteiger charge is 2.69. The molecule has 3 aliphatic heterocycles. The molecule has 5 amide bonds. The number of nitrogens with one attached hydrogen (secondary N) is 4. The van der Waals surface area contributed by atoms with E-state index in [9.17, 15) is 32.4 Å². The van der Waals surface area contributed by atoms with Gasteiger partial charge in [0.2, 0.25) is 17.6 Å². The molecule has 3 saturated carbocycles. The maximum absolute atomic E-state index is 14.6. The Morgan fingerprint density at radius 2 is 1.42 bits per heavy atom. The summed E-state index contributed by atoms with van der Waals surface area (Å²) in [6, 6.07) is -3.24. The number of fused-ring (bicyclic) bond motifs is 3. The minimum atomic E-state index is -3.45. The zero-order valence-corrected chi connectivity index (χ0v) is 32.4. The van der Waals surface area contributed by atoms with Crippen molar-refractivity contribution in [1.82, 2.24) is 31.1 Å². The summed E-state index contributed by atoms with van der Waals surface area (Å²) >= 11 is 0. The van der Waals surface area contributed by atoms with E-state index in [1.165, 1.54) is 0 Å². The van der Waals surface area contributed by atoms with E-state index in [1.807, 2.05) is 11.9 Å². The van der Waals surface area contributed by atoms with Gasteiger partial charge in [-0.05, 0) is 62.8 Å². The van der Waals surface area contributed by atoms with Crippen molar-refractivity contribution >= 4 is 39.4 Å². The zero-order valence-electron chi connectivity index (χ0n) is 31.6. The predicted octanol–water partition coefficient (Wildman–Crippen LogP) is 2.82. The SMILES string of the molecule is CN1CCS(=O)(=O)[C@H](C2(NC(=O)N[C@@H]3CCCCCCCCCC[C@H](C(=O)C(=O)NC4CC4)NC(=O)[C@@H]4[C@@H]5[C@H](CN4C3=O)C5(C)C)CCCCC2)C1. The second-order valence-electron chi connectivity index (χ2n) is 17.5. The molecule has 6 aliphatic rings. The molecule has 0 aromatic heterocycles. The highest BCUT2D eigenvalue weighted by Crippen LogP contribution is 2.65. The molecule has 3 saturated heterocycles. The summed E-state index contributed by atoms with van der Waals surface area (Å²) < 4.78 is 26.9. The lowest BCUT2D eigenvalue weighted by molar-refractivity contribution is -0.144. The number of hydrogen-bond acceptors (Lipinski definition) is 8. The van der Waals surface area contributed by atoms with Gasteiger partial charge in [-0.3, -0.25) is 19.2 Å². The van der Waals surface area contributed by atoms with E-state index in [1.54, 1.807) is 4.90 Å². The molecule has 14 heteroatoms. The van der Waals surface area contributed by atoms with Gasteiger partial charge < -0.3 is 31.1 Å². The molecule has 52 heavy (non-hydrogen) atoms. The van der Waals surface area contributed by atoms with Gasteiger partial charge in [0, 0.05) is 25.7 Å². The lowest BCUT2D eigenvalue weighted by Gasteiger charge is -2.46. The zero-order chi connectivity index (χ0) is 37.3. The van der Waals surface area contributed by atoms with E-state index in [4.69, 9.17) is 0 Å². The van der Waals surface area contributed by atoms with E-state index in [0.717, 1.165) is 77.0 Å². The molecule has 292 valence electrons. The first-order valence-electron chi connectivity index (χ1n) is 20.2. The van der Waals surface area contributed by atoms with Crippen LogP contribution in [0.1, 0.15) is 123 Å². The third-order valence-corrected chi connectivity index (χ3v) is 15.5. The second-order valence-corrected chi connectivity index (χ2v) is 19.8. The van der Waals surface area contributed by atoms with E-state index >= 15 is 0 Å². The highest BCUT2D eigenvalue weighted by atomic mass is 32.2. The van der Waals surface area contributed by atoms with Gasteiger partial charge in [-0.1, -0.05) is 84.5 Å². The molecule has 0 aromatic rings. The average Bonchev–Trinajstić information content (AvgIpc) is 3.95. The molecule has 0 bridgehead atoms. The number of amides is 5. The molecule has 13 nitrogen and oxygen atoms in total. The molecule has 0 aromatic carbocycles. The van der Waals surface area contributed by atoms with Crippen molar-refractivity contribution in [2.45, 2.75) is 158 Å². The van der Waals surface area contributed by atoms with Crippen LogP contribution in [0.3, 0.4) is 0 Å². The van der Waals surface area contributed by atoms with Crippen LogP contribution < -0.4 is 21.3 Å². The van der Waals surface area contributed by atoms with Crippen LogP contribution in [0.4, 0.5) is 4.79 Å². The normalized spacial score (nSPS) is 34.1. The largest absolute Gasteiger partial charge is 0.347 e. The smallest absolute Gasteiger partial charge is 0.315 e. The number of nitrogens with zero attached hydrogens (tertiary/aromatic N) is 2. The topological polar surface area (TPSA) is 174 Å². The lowest BCUT2D eigenvalue weighted by Crippen LogP contribution is -2.67. The van der Waals surface area contributed by atoms with Gasteiger partial charge in [-0.2, -0.15) is 0 Å². The summed E-state index contributed by atoms with van der Waals surface area (Å²) in [5.74, 6) is -2.03. The summed E-state index contributed by atoms with van der Waals surface area (Å²) in [5.41, 5.74) is -1.10. The monoisotopic (exact) mass is 746 g/mol. The molecule has 6 fully saturated rings. The van der Waals surface area contributed by atoms with Crippen LogP contribution in [-0.2, 0) is 29.0 Å².